The number of para-hydroxylation sites is 2. The number of nitrogens with one attached hydrogen (secondary N) is 1. The molecule has 0 saturated carbocycles. The Kier molecular flexibility index (Phi) is 4.40. The van der Waals surface area contributed by atoms with Gasteiger partial charge in [0.15, 0.2) is 0 Å². The fourth-order valence-corrected chi connectivity index (χ4v) is 2.32. The molecule has 0 aliphatic rings. The van der Waals surface area contributed by atoms with E-state index in [-0.39, 0.29) is 17.0 Å². The van der Waals surface area contributed by atoms with E-state index in [2.05, 4.69) is 9.98 Å². The second kappa shape index (κ2) is 6.66. The van der Waals surface area contributed by atoms with Crippen LogP contribution in [0.3, 0.4) is 0 Å². The van der Waals surface area contributed by atoms with Crippen molar-refractivity contribution in [3.8, 4) is 17.3 Å². The molecule has 0 radical (unpaired) electrons. The van der Waals surface area contributed by atoms with Gasteiger partial charge in [0, 0.05) is 11.2 Å². The van der Waals surface area contributed by atoms with Crippen LogP contribution in [0.2, 0.25) is 5.02 Å². The Morgan fingerprint density at radius 3 is 2.40 bits per heavy atom. The van der Waals surface area contributed by atoms with Crippen molar-refractivity contribution in [1.82, 2.24) is 9.55 Å². The Morgan fingerprint density at radius 2 is 1.72 bits per heavy atom. The van der Waals surface area contributed by atoms with Crippen LogP contribution < -0.4 is 11.2 Å². The lowest BCUT2D eigenvalue weighted by atomic mass is 10.2. The fraction of sp³-hybridized carbons (Fsp3) is 0. The first kappa shape index (κ1) is 16.5. The first-order valence-electron chi connectivity index (χ1n) is 7.13. The van der Waals surface area contributed by atoms with Crippen molar-refractivity contribution >= 4 is 23.5 Å². The highest BCUT2D eigenvalue weighted by Gasteiger charge is 2.14. The van der Waals surface area contributed by atoms with Crippen LogP contribution in [-0.4, -0.2) is 26.0 Å². The van der Waals surface area contributed by atoms with Gasteiger partial charge >= 0.3 is 5.69 Å². The second-order valence-electron chi connectivity index (χ2n) is 5.06. The summed E-state index contributed by atoms with van der Waals surface area (Å²) in [6.45, 7) is 0. The van der Waals surface area contributed by atoms with E-state index < -0.39 is 17.1 Å². The molecule has 1 heterocycles. The molecule has 126 valence electrons. The zero-order chi connectivity index (χ0) is 18.0. The number of halogens is 1. The Labute approximate surface area is 146 Å². The van der Waals surface area contributed by atoms with E-state index >= 15 is 0 Å². The van der Waals surface area contributed by atoms with Crippen molar-refractivity contribution in [2.45, 2.75) is 0 Å². The first-order chi connectivity index (χ1) is 12.0. The average Bonchev–Trinajstić information content (AvgIpc) is 2.57. The third-order valence-electron chi connectivity index (χ3n) is 3.42. The lowest BCUT2D eigenvalue weighted by Crippen LogP contribution is -2.31. The third-order valence-corrected chi connectivity index (χ3v) is 3.67. The number of hydrogen-bond donors (Lipinski definition) is 3. The number of rotatable bonds is 3. The number of hydrogen-bond acceptors (Lipinski definition) is 5. The number of nitrogens with zero attached hydrogens (tertiary/aromatic N) is 2. The summed E-state index contributed by atoms with van der Waals surface area (Å²) in [7, 11) is 0. The van der Waals surface area contributed by atoms with E-state index in [0.29, 0.717) is 10.7 Å². The van der Waals surface area contributed by atoms with Gasteiger partial charge in [-0.3, -0.25) is 14.8 Å². The van der Waals surface area contributed by atoms with Crippen molar-refractivity contribution in [3.05, 3.63) is 80.0 Å². The number of H-pyrrole nitrogens is 1. The molecule has 0 aliphatic carbocycles. The molecule has 0 atom stereocenters. The van der Waals surface area contributed by atoms with Crippen LogP contribution in [0.1, 0.15) is 5.56 Å². The Balaban J connectivity index is 2.14. The van der Waals surface area contributed by atoms with Crippen molar-refractivity contribution in [2.75, 3.05) is 0 Å². The minimum Gasteiger partial charge on any atom is -0.506 e. The van der Waals surface area contributed by atoms with Crippen LogP contribution in [0.5, 0.6) is 11.6 Å². The van der Waals surface area contributed by atoms with E-state index in [0.717, 1.165) is 10.8 Å². The molecule has 0 unspecified atom stereocenters. The summed E-state index contributed by atoms with van der Waals surface area (Å²) < 4.78 is 0.921. The van der Waals surface area contributed by atoms with E-state index in [4.69, 9.17) is 11.6 Å². The third kappa shape index (κ3) is 3.31. The maximum atomic E-state index is 12.1. The summed E-state index contributed by atoms with van der Waals surface area (Å²) in [6, 6.07) is 12.4. The molecule has 25 heavy (non-hydrogen) atoms. The van der Waals surface area contributed by atoms with Crippen LogP contribution in [0.25, 0.3) is 5.69 Å². The Morgan fingerprint density at radius 1 is 1.04 bits per heavy atom. The SMILES string of the molecule is O=c1[nH]c(=O)n(-c2ccc(Cl)cc2)c(O)c1C=Nc1ccccc1O. The molecule has 2 aromatic carbocycles. The highest BCUT2D eigenvalue weighted by atomic mass is 35.5. The van der Waals surface area contributed by atoms with Crippen LogP contribution in [0, 0.1) is 0 Å². The molecule has 0 saturated heterocycles. The van der Waals surface area contributed by atoms with E-state index in [9.17, 15) is 19.8 Å². The summed E-state index contributed by atoms with van der Waals surface area (Å²) in [5.74, 6) is -0.657. The zero-order valence-corrected chi connectivity index (χ0v) is 13.4. The highest BCUT2D eigenvalue weighted by molar-refractivity contribution is 6.30. The number of aliphatic imine (C=N–C) groups is 1. The van der Waals surface area contributed by atoms with E-state index in [1.54, 1.807) is 24.3 Å². The normalized spacial score (nSPS) is 11.1. The Bertz CT molecular complexity index is 1070. The number of benzene rings is 2. The number of aromatic nitrogens is 2. The van der Waals surface area contributed by atoms with Gasteiger partial charge in [0.05, 0.1) is 5.69 Å². The summed E-state index contributed by atoms with van der Waals surface area (Å²) in [5.41, 5.74) is -1.29. The molecular weight excluding hydrogens is 346 g/mol. The summed E-state index contributed by atoms with van der Waals surface area (Å²) in [6.07, 6.45) is 1.08. The lowest BCUT2D eigenvalue weighted by Gasteiger charge is -2.09. The summed E-state index contributed by atoms with van der Waals surface area (Å²) in [4.78, 5) is 30.2. The fourth-order valence-electron chi connectivity index (χ4n) is 2.19. The summed E-state index contributed by atoms with van der Waals surface area (Å²) in [5, 5.41) is 20.5. The molecule has 3 rings (SSSR count). The standard InChI is InChI=1S/C17H12ClN3O4/c18-10-5-7-11(8-6-10)21-16(24)12(15(23)20-17(21)25)9-19-13-3-1-2-4-14(13)22/h1-9,22,24H,(H,20,23,25). The van der Waals surface area contributed by atoms with Crippen molar-refractivity contribution < 1.29 is 10.2 Å². The van der Waals surface area contributed by atoms with Gasteiger partial charge in [0.25, 0.3) is 5.56 Å². The van der Waals surface area contributed by atoms with E-state index in [1.807, 2.05) is 0 Å². The van der Waals surface area contributed by atoms with Crippen LogP contribution >= 0.6 is 11.6 Å². The first-order valence-corrected chi connectivity index (χ1v) is 7.51. The van der Waals surface area contributed by atoms with Gasteiger partial charge < -0.3 is 10.2 Å². The Hall–Kier alpha value is -3.32. The van der Waals surface area contributed by atoms with Crippen LogP contribution in [0.4, 0.5) is 5.69 Å². The van der Waals surface area contributed by atoms with Gasteiger partial charge in [0.2, 0.25) is 5.88 Å². The van der Waals surface area contributed by atoms with Gasteiger partial charge in [-0.1, -0.05) is 23.7 Å². The number of phenolic OH excluding ortho intramolecular Hbond substituents is 1. The van der Waals surface area contributed by atoms with Crippen molar-refractivity contribution in [1.29, 1.82) is 0 Å². The highest BCUT2D eigenvalue weighted by Crippen LogP contribution is 2.25. The van der Waals surface area contributed by atoms with Gasteiger partial charge in [-0.25, -0.2) is 9.36 Å². The topological polar surface area (TPSA) is 108 Å². The van der Waals surface area contributed by atoms with Gasteiger partial charge in [0.1, 0.15) is 17.0 Å². The molecule has 0 amide bonds. The van der Waals surface area contributed by atoms with Crippen molar-refractivity contribution in [3.63, 3.8) is 0 Å². The molecule has 8 heteroatoms. The number of phenols is 1. The molecule has 0 bridgehead atoms. The minimum absolute atomic E-state index is 0.0827. The number of aromatic hydroxyl groups is 2. The van der Waals surface area contributed by atoms with Gasteiger partial charge in [-0.05, 0) is 36.4 Å². The molecule has 0 aliphatic heterocycles. The molecule has 7 nitrogen and oxygen atoms in total. The quantitative estimate of drug-likeness (QED) is 0.625. The largest absolute Gasteiger partial charge is 0.506 e. The second-order valence-corrected chi connectivity index (χ2v) is 5.49. The molecule has 3 aromatic rings. The lowest BCUT2D eigenvalue weighted by molar-refractivity contribution is 0.430. The van der Waals surface area contributed by atoms with Crippen LogP contribution in [-0.2, 0) is 0 Å². The van der Waals surface area contributed by atoms with Crippen LogP contribution in [0.15, 0.2) is 63.1 Å². The van der Waals surface area contributed by atoms with E-state index in [1.165, 1.54) is 24.3 Å². The monoisotopic (exact) mass is 357 g/mol. The van der Waals surface area contributed by atoms with Gasteiger partial charge in [-0.2, -0.15) is 0 Å². The average molecular weight is 358 g/mol. The number of aromatic amines is 1. The molecular formula is C17H12ClN3O4. The smallest absolute Gasteiger partial charge is 0.335 e. The summed E-state index contributed by atoms with van der Waals surface area (Å²) >= 11 is 5.82. The maximum absolute atomic E-state index is 12.1. The molecule has 1 aromatic heterocycles. The molecule has 3 N–H and O–H groups in total. The molecule has 0 spiro atoms. The maximum Gasteiger partial charge on any atom is 0.335 e. The predicted molar refractivity (Wildman–Crippen MR) is 94.7 cm³/mol. The molecule has 0 fully saturated rings. The van der Waals surface area contributed by atoms with Gasteiger partial charge in [-0.15, -0.1) is 0 Å². The zero-order valence-electron chi connectivity index (χ0n) is 12.7. The minimum atomic E-state index is -0.801. The predicted octanol–water partition coefficient (Wildman–Crippen LogP) is 2.34. The van der Waals surface area contributed by atoms with Crippen molar-refractivity contribution in [2.24, 2.45) is 4.99 Å².